The Morgan fingerprint density at radius 2 is 2.04 bits per heavy atom. The van der Waals surface area contributed by atoms with Crippen LogP contribution in [0.15, 0.2) is 29.2 Å². The van der Waals surface area contributed by atoms with E-state index in [1.54, 1.807) is 6.07 Å². The molecule has 1 aromatic carbocycles. The van der Waals surface area contributed by atoms with Gasteiger partial charge in [0, 0.05) is 24.3 Å². The summed E-state index contributed by atoms with van der Waals surface area (Å²) in [5.41, 5.74) is 0.233. The predicted molar refractivity (Wildman–Crippen MR) is 85.9 cm³/mol. The number of hydrogen-bond acceptors (Lipinski definition) is 4. The molecule has 8 heteroatoms. The number of benzene rings is 1. The van der Waals surface area contributed by atoms with Crippen molar-refractivity contribution in [1.82, 2.24) is 19.7 Å². The number of hydrogen-bond donors (Lipinski definition) is 1. The van der Waals surface area contributed by atoms with E-state index in [4.69, 9.17) is 11.6 Å². The molecule has 0 amide bonds. The standard InChI is InChI=1S/C15H13ClFN5O/c16-9-3-4-12(11(17)7-9)22-8-10-13(20-22)18-15(19-14(10)23)21-5-1-2-6-21/h3-4,7-8H,1-2,5-6H2,(H,18,19,20,23). The summed E-state index contributed by atoms with van der Waals surface area (Å²) >= 11 is 5.76. The van der Waals surface area contributed by atoms with E-state index in [0.29, 0.717) is 22.0 Å². The third kappa shape index (κ3) is 2.46. The highest BCUT2D eigenvalue weighted by Gasteiger charge is 2.18. The molecule has 4 rings (SSSR count). The SMILES string of the molecule is O=c1[nH]c(N2CCCC2)nc2nn(-c3ccc(Cl)cc3F)cc12. The number of fused-ring (bicyclic) bond motifs is 1. The Morgan fingerprint density at radius 1 is 1.26 bits per heavy atom. The third-order valence-electron chi connectivity index (χ3n) is 3.94. The second-order valence-electron chi connectivity index (χ2n) is 5.49. The molecular weight excluding hydrogens is 321 g/mol. The number of nitrogens with zero attached hydrogens (tertiary/aromatic N) is 4. The van der Waals surface area contributed by atoms with Crippen molar-refractivity contribution >= 4 is 28.6 Å². The summed E-state index contributed by atoms with van der Waals surface area (Å²) in [7, 11) is 0. The summed E-state index contributed by atoms with van der Waals surface area (Å²) in [4.78, 5) is 21.4. The van der Waals surface area contributed by atoms with E-state index in [-0.39, 0.29) is 11.2 Å². The molecule has 2 aromatic heterocycles. The van der Waals surface area contributed by atoms with Gasteiger partial charge in [-0.1, -0.05) is 11.6 Å². The molecule has 0 unspecified atom stereocenters. The van der Waals surface area contributed by atoms with Gasteiger partial charge in [0.1, 0.15) is 16.9 Å². The summed E-state index contributed by atoms with van der Waals surface area (Å²) < 4.78 is 15.3. The van der Waals surface area contributed by atoms with Crippen molar-refractivity contribution in [3.8, 4) is 5.69 Å². The fourth-order valence-corrected chi connectivity index (χ4v) is 2.93. The van der Waals surface area contributed by atoms with Gasteiger partial charge in [-0.25, -0.2) is 9.07 Å². The zero-order chi connectivity index (χ0) is 16.0. The second-order valence-corrected chi connectivity index (χ2v) is 5.93. The third-order valence-corrected chi connectivity index (χ3v) is 4.17. The fourth-order valence-electron chi connectivity index (χ4n) is 2.77. The molecule has 0 bridgehead atoms. The lowest BCUT2D eigenvalue weighted by atomic mass is 10.3. The Morgan fingerprint density at radius 3 is 2.78 bits per heavy atom. The smallest absolute Gasteiger partial charge is 0.263 e. The van der Waals surface area contributed by atoms with Crippen LogP contribution in [0.25, 0.3) is 16.7 Å². The molecule has 1 N–H and O–H groups in total. The van der Waals surface area contributed by atoms with Crippen molar-refractivity contribution in [3.05, 3.63) is 45.6 Å². The highest BCUT2D eigenvalue weighted by atomic mass is 35.5. The molecule has 1 fully saturated rings. The quantitative estimate of drug-likeness (QED) is 0.782. The first-order valence-electron chi connectivity index (χ1n) is 7.32. The molecule has 3 aromatic rings. The summed E-state index contributed by atoms with van der Waals surface area (Å²) in [6.07, 6.45) is 3.62. The number of H-pyrrole nitrogens is 1. The Kier molecular flexibility index (Phi) is 3.30. The van der Waals surface area contributed by atoms with E-state index in [2.05, 4.69) is 15.1 Å². The van der Waals surface area contributed by atoms with Crippen molar-refractivity contribution < 1.29 is 4.39 Å². The first-order valence-corrected chi connectivity index (χ1v) is 7.70. The largest absolute Gasteiger partial charge is 0.342 e. The average Bonchev–Trinajstić information content (AvgIpc) is 3.16. The minimum atomic E-state index is -0.512. The van der Waals surface area contributed by atoms with Gasteiger partial charge in [0.05, 0.1) is 0 Å². The van der Waals surface area contributed by atoms with Gasteiger partial charge in [-0.2, -0.15) is 4.98 Å². The molecule has 1 aliphatic heterocycles. The molecule has 0 saturated carbocycles. The molecular formula is C15H13ClFN5O. The van der Waals surface area contributed by atoms with Gasteiger partial charge in [0.2, 0.25) is 5.95 Å². The van der Waals surface area contributed by atoms with Gasteiger partial charge in [-0.15, -0.1) is 5.10 Å². The minimum absolute atomic E-state index is 0.217. The van der Waals surface area contributed by atoms with Gasteiger partial charge in [0.25, 0.3) is 5.56 Å². The van der Waals surface area contributed by atoms with E-state index in [1.807, 2.05) is 4.90 Å². The van der Waals surface area contributed by atoms with Gasteiger partial charge in [0.15, 0.2) is 5.65 Å². The van der Waals surface area contributed by atoms with E-state index in [1.165, 1.54) is 23.0 Å². The molecule has 0 radical (unpaired) electrons. The van der Waals surface area contributed by atoms with Gasteiger partial charge in [-0.3, -0.25) is 9.78 Å². The monoisotopic (exact) mass is 333 g/mol. The lowest BCUT2D eigenvalue weighted by Crippen LogP contribution is -2.23. The van der Waals surface area contributed by atoms with Crippen LogP contribution in [0.5, 0.6) is 0 Å². The fraction of sp³-hybridized carbons (Fsp3) is 0.267. The van der Waals surface area contributed by atoms with Crippen LogP contribution in [-0.2, 0) is 0 Å². The van der Waals surface area contributed by atoms with Crippen LogP contribution in [0, 0.1) is 5.82 Å². The molecule has 1 aliphatic rings. The molecule has 118 valence electrons. The molecule has 23 heavy (non-hydrogen) atoms. The van der Waals surface area contributed by atoms with Crippen molar-refractivity contribution in [1.29, 1.82) is 0 Å². The zero-order valence-corrected chi connectivity index (χ0v) is 12.8. The number of nitrogens with one attached hydrogen (secondary N) is 1. The number of aromatic amines is 1. The number of rotatable bonds is 2. The summed E-state index contributed by atoms with van der Waals surface area (Å²) in [6.45, 7) is 1.72. The van der Waals surface area contributed by atoms with Gasteiger partial charge >= 0.3 is 0 Å². The van der Waals surface area contributed by atoms with Crippen molar-refractivity contribution in [2.75, 3.05) is 18.0 Å². The van der Waals surface area contributed by atoms with Crippen LogP contribution in [0.2, 0.25) is 5.02 Å². The maximum atomic E-state index is 14.0. The summed E-state index contributed by atoms with van der Waals surface area (Å²) in [5.74, 6) is 0.00308. The molecule has 0 aliphatic carbocycles. The number of anilines is 1. The maximum absolute atomic E-state index is 14.0. The normalized spacial score (nSPS) is 14.8. The number of halogens is 2. The van der Waals surface area contributed by atoms with Crippen LogP contribution in [-0.4, -0.2) is 32.8 Å². The van der Waals surface area contributed by atoms with Gasteiger partial charge in [-0.05, 0) is 31.0 Å². The maximum Gasteiger partial charge on any atom is 0.263 e. The summed E-state index contributed by atoms with van der Waals surface area (Å²) in [5, 5.41) is 4.86. The Bertz CT molecular complexity index is 945. The van der Waals surface area contributed by atoms with Crippen LogP contribution in [0.3, 0.4) is 0 Å². The first-order chi connectivity index (χ1) is 11.1. The van der Waals surface area contributed by atoms with Crippen LogP contribution in [0.1, 0.15) is 12.8 Å². The van der Waals surface area contributed by atoms with E-state index in [0.717, 1.165) is 25.9 Å². The highest BCUT2D eigenvalue weighted by molar-refractivity contribution is 6.30. The molecule has 1 saturated heterocycles. The Labute approximate surface area is 135 Å². The number of aromatic nitrogens is 4. The van der Waals surface area contributed by atoms with Crippen LogP contribution in [0.4, 0.5) is 10.3 Å². The first kappa shape index (κ1) is 14.2. The lowest BCUT2D eigenvalue weighted by molar-refractivity contribution is 0.611. The van der Waals surface area contributed by atoms with E-state index in [9.17, 15) is 9.18 Å². The Balaban J connectivity index is 1.84. The van der Waals surface area contributed by atoms with Crippen molar-refractivity contribution in [2.45, 2.75) is 12.8 Å². The topological polar surface area (TPSA) is 66.8 Å². The second kappa shape index (κ2) is 5.34. The molecule has 0 atom stereocenters. The lowest BCUT2D eigenvalue weighted by Gasteiger charge is -2.14. The van der Waals surface area contributed by atoms with E-state index < -0.39 is 5.82 Å². The molecule has 0 spiro atoms. The van der Waals surface area contributed by atoms with Crippen molar-refractivity contribution in [3.63, 3.8) is 0 Å². The van der Waals surface area contributed by atoms with Crippen LogP contribution >= 0.6 is 11.6 Å². The van der Waals surface area contributed by atoms with Gasteiger partial charge < -0.3 is 4.90 Å². The van der Waals surface area contributed by atoms with Crippen molar-refractivity contribution in [2.24, 2.45) is 0 Å². The minimum Gasteiger partial charge on any atom is -0.342 e. The van der Waals surface area contributed by atoms with E-state index >= 15 is 0 Å². The Hall–Kier alpha value is -2.41. The summed E-state index contributed by atoms with van der Waals surface area (Å²) in [6, 6.07) is 4.29. The highest BCUT2D eigenvalue weighted by Crippen LogP contribution is 2.20. The zero-order valence-electron chi connectivity index (χ0n) is 12.1. The van der Waals surface area contributed by atoms with Crippen LogP contribution < -0.4 is 10.5 Å². The molecule has 3 heterocycles. The average molecular weight is 334 g/mol. The predicted octanol–water partition coefficient (Wildman–Crippen LogP) is 2.50. The molecule has 6 nitrogen and oxygen atoms in total.